The van der Waals surface area contributed by atoms with E-state index in [-0.39, 0.29) is 6.10 Å². The fourth-order valence-electron chi connectivity index (χ4n) is 5.07. The van der Waals surface area contributed by atoms with Crippen LogP contribution >= 0.6 is 0 Å². The van der Waals surface area contributed by atoms with Gasteiger partial charge in [0, 0.05) is 12.6 Å². The maximum Gasteiger partial charge on any atom is 0.411 e. The van der Waals surface area contributed by atoms with E-state index >= 15 is 0 Å². The van der Waals surface area contributed by atoms with E-state index in [4.69, 9.17) is 4.74 Å². The molecule has 2 aromatic carbocycles. The molecule has 4 nitrogen and oxygen atoms in total. The number of fused-ring (bicyclic) bond motifs is 1. The van der Waals surface area contributed by atoms with Crippen LogP contribution in [-0.4, -0.2) is 24.4 Å². The molecule has 0 spiro atoms. The summed E-state index contributed by atoms with van der Waals surface area (Å²) >= 11 is 0. The Hall–Kier alpha value is -3.27. The highest BCUT2D eigenvalue weighted by molar-refractivity contribution is 5.92. The van der Waals surface area contributed by atoms with Crippen LogP contribution in [0.25, 0.3) is 11.1 Å². The molecule has 204 valence electrons. The smallest absolute Gasteiger partial charge is 0.411 e. The molecule has 1 N–H and O–H groups in total. The number of amides is 1. The number of para-hydroxylation sites is 1. The average molecular weight is 516 g/mol. The molecule has 1 atom stereocenters. The monoisotopic (exact) mass is 515 g/mol. The van der Waals surface area contributed by atoms with E-state index in [9.17, 15) is 9.90 Å². The number of anilines is 1. The lowest BCUT2D eigenvalue weighted by atomic mass is 9.92. The van der Waals surface area contributed by atoms with Crippen LogP contribution in [0.5, 0.6) is 5.75 Å². The summed E-state index contributed by atoms with van der Waals surface area (Å²) in [7, 11) is 1.58. The zero-order valence-corrected chi connectivity index (χ0v) is 24.1. The third-order valence-electron chi connectivity index (χ3n) is 7.34. The van der Waals surface area contributed by atoms with Gasteiger partial charge in [-0.15, -0.1) is 0 Å². The number of ether oxygens (including phenoxy) is 1. The third kappa shape index (κ3) is 8.37. The van der Waals surface area contributed by atoms with Gasteiger partial charge >= 0.3 is 6.09 Å². The highest BCUT2D eigenvalue weighted by Crippen LogP contribution is 2.39. The summed E-state index contributed by atoms with van der Waals surface area (Å²) in [5.74, 6) is 1.00. The second-order valence-corrected chi connectivity index (χ2v) is 11.0. The number of hydrogen-bond acceptors (Lipinski definition) is 2. The van der Waals surface area contributed by atoms with Crippen LogP contribution in [0.3, 0.4) is 0 Å². The van der Waals surface area contributed by atoms with Crippen molar-refractivity contribution in [3.8, 4) is 16.9 Å². The Morgan fingerprint density at radius 1 is 1.00 bits per heavy atom. The lowest BCUT2D eigenvalue weighted by Crippen LogP contribution is -2.24. The Kier molecular flexibility index (Phi) is 10.8. The number of aryl methyl sites for hydroxylation is 2. The lowest BCUT2D eigenvalue weighted by Gasteiger charge is -2.28. The third-order valence-corrected chi connectivity index (χ3v) is 7.34. The van der Waals surface area contributed by atoms with Crippen molar-refractivity contribution in [2.45, 2.75) is 92.1 Å². The van der Waals surface area contributed by atoms with Gasteiger partial charge in [-0.1, -0.05) is 53.1 Å². The standard InChI is InChI=1S/C34H45NO3/c1-24(2)12-9-13-25(3)14-10-15-26(4)16-11-17-30-21-20-28-23-29(22-27(5)33(28)38-30)31-18-7-8-19-32(31)35(6)34(36)37/h7-8,12,14,16,18-19,22-23,30H,9-11,13,15,17,20-21H2,1-6H3,(H,36,37). The van der Waals surface area contributed by atoms with Gasteiger partial charge in [-0.2, -0.15) is 0 Å². The van der Waals surface area contributed by atoms with E-state index in [1.54, 1.807) is 7.05 Å². The number of rotatable bonds is 11. The molecule has 2 aromatic rings. The molecule has 0 aromatic heterocycles. The minimum atomic E-state index is -0.968. The SMILES string of the molecule is CC(C)=CCCC(C)=CCCC(C)=CCCC1CCc2cc(-c3ccccc3N(C)C(=O)O)cc(C)c2O1. The molecule has 1 heterocycles. The molecule has 0 saturated heterocycles. The van der Waals surface area contributed by atoms with Crippen molar-refractivity contribution < 1.29 is 14.6 Å². The summed E-state index contributed by atoms with van der Waals surface area (Å²) in [5, 5.41) is 9.49. The molecule has 1 amide bonds. The van der Waals surface area contributed by atoms with Crippen molar-refractivity contribution in [3.05, 3.63) is 82.5 Å². The topological polar surface area (TPSA) is 49.8 Å². The van der Waals surface area contributed by atoms with Crippen molar-refractivity contribution in [2.75, 3.05) is 11.9 Å². The van der Waals surface area contributed by atoms with Gasteiger partial charge in [0.25, 0.3) is 0 Å². The lowest BCUT2D eigenvalue weighted by molar-refractivity contribution is 0.164. The molecule has 3 rings (SSSR count). The Bertz CT molecular complexity index is 1200. The minimum absolute atomic E-state index is 0.235. The van der Waals surface area contributed by atoms with E-state index in [1.807, 2.05) is 24.3 Å². The largest absolute Gasteiger partial charge is 0.490 e. The average Bonchev–Trinajstić information content (AvgIpc) is 2.88. The first-order valence-electron chi connectivity index (χ1n) is 14.0. The summed E-state index contributed by atoms with van der Waals surface area (Å²) in [5.41, 5.74) is 9.30. The Morgan fingerprint density at radius 2 is 1.66 bits per heavy atom. The van der Waals surface area contributed by atoms with Gasteiger partial charge in [-0.05, 0) is 121 Å². The summed E-state index contributed by atoms with van der Waals surface area (Å²) in [6.07, 6.45) is 14.9. The molecule has 0 aliphatic carbocycles. The minimum Gasteiger partial charge on any atom is -0.490 e. The second kappa shape index (κ2) is 14.0. The summed E-state index contributed by atoms with van der Waals surface area (Å²) in [6.45, 7) is 10.9. The molecule has 4 heteroatoms. The number of allylic oxidation sites excluding steroid dienone is 6. The van der Waals surface area contributed by atoms with Crippen molar-refractivity contribution in [3.63, 3.8) is 0 Å². The molecule has 0 fully saturated rings. The highest BCUT2D eigenvalue weighted by atomic mass is 16.5. The first-order valence-corrected chi connectivity index (χ1v) is 14.0. The second-order valence-electron chi connectivity index (χ2n) is 11.0. The van der Waals surface area contributed by atoms with Crippen LogP contribution in [0.2, 0.25) is 0 Å². The first kappa shape index (κ1) is 29.3. The van der Waals surface area contributed by atoms with E-state index in [0.717, 1.165) is 73.8 Å². The van der Waals surface area contributed by atoms with E-state index in [1.165, 1.54) is 27.2 Å². The Labute approximate surface area is 229 Å². The van der Waals surface area contributed by atoms with Crippen LogP contribution in [0.4, 0.5) is 10.5 Å². The highest BCUT2D eigenvalue weighted by Gasteiger charge is 2.23. The van der Waals surface area contributed by atoms with E-state index in [2.05, 4.69) is 65.0 Å². The van der Waals surface area contributed by atoms with Gasteiger partial charge in [0.15, 0.2) is 0 Å². The molecular formula is C34H45NO3. The van der Waals surface area contributed by atoms with E-state index in [0.29, 0.717) is 5.69 Å². The van der Waals surface area contributed by atoms with E-state index < -0.39 is 6.09 Å². The molecule has 0 bridgehead atoms. The van der Waals surface area contributed by atoms with Crippen LogP contribution < -0.4 is 9.64 Å². The molecule has 38 heavy (non-hydrogen) atoms. The van der Waals surface area contributed by atoms with Crippen molar-refractivity contribution in [1.29, 1.82) is 0 Å². The Morgan fingerprint density at radius 3 is 2.34 bits per heavy atom. The fraction of sp³-hybridized carbons (Fsp3) is 0.441. The van der Waals surface area contributed by atoms with Crippen molar-refractivity contribution >= 4 is 11.8 Å². The number of hydrogen-bond donors (Lipinski definition) is 1. The van der Waals surface area contributed by atoms with Crippen LogP contribution in [0.15, 0.2) is 71.3 Å². The number of carboxylic acid groups (broad SMARTS) is 1. The van der Waals surface area contributed by atoms with Crippen molar-refractivity contribution in [1.82, 2.24) is 0 Å². The summed E-state index contributed by atoms with van der Waals surface area (Å²) < 4.78 is 6.47. The fourth-order valence-corrected chi connectivity index (χ4v) is 5.07. The summed E-state index contributed by atoms with van der Waals surface area (Å²) in [6, 6.07) is 12.0. The molecule has 1 aliphatic rings. The molecule has 0 radical (unpaired) electrons. The predicted molar refractivity (Wildman–Crippen MR) is 160 cm³/mol. The van der Waals surface area contributed by atoms with Gasteiger partial charge < -0.3 is 9.84 Å². The number of benzene rings is 2. The van der Waals surface area contributed by atoms with Gasteiger partial charge in [-0.3, -0.25) is 4.90 Å². The van der Waals surface area contributed by atoms with Gasteiger partial charge in [-0.25, -0.2) is 4.79 Å². The van der Waals surface area contributed by atoms with Gasteiger partial charge in [0.05, 0.1) is 11.8 Å². The maximum atomic E-state index is 11.6. The molecule has 1 aliphatic heterocycles. The number of carbonyl (C=O) groups is 1. The first-order chi connectivity index (χ1) is 18.2. The zero-order chi connectivity index (χ0) is 27.7. The molecule has 1 unspecified atom stereocenters. The van der Waals surface area contributed by atoms with Gasteiger partial charge in [0.1, 0.15) is 5.75 Å². The number of nitrogens with zero attached hydrogens (tertiary/aromatic N) is 1. The quantitative estimate of drug-likeness (QED) is 0.303. The van der Waals surface area contributed by atoms with Crippen molar-refractivity contribution in [2.24, 2.45) is 0 Å². The summed E-state index contributed by atoms with van der Waals surface area (Å²) in [4.78, 5) is 12.9. The Balaban J connectivity index is 1.56. The van der Waals surface area contributed by atoms with Crippen LogP contribution in [0.1, 0.15) is 83.8 Å². The maximum absolute atomic E-state index is 11.6. The van der Waals surface area contributed by atoms with Crippen LogP contribution in [-0.2, 0) is 6.42 Å². The van der Waals surface area contributed by atoms with Gasteiger partial charge in [0.2, 0.25) is 0 Å². The predicted octanol–water partition coefficient (Wildman–Crippen LogP) is 9.67. The molecular weight excluding hydrogens is 470 g/mol. The zero-order valence-electron chi connectivity index (χ0n) is 24.1. The van der Waals surface area contributed by atoms with Crippen LogP contribution in [0, 0.1) is 6.92 Å². The molecule has 0 saturated carbocycles. The normalized spacial score (nSPS) is 15.5.